The van der Waals surface area contributed by atoms with E-state index in [0.717, 1.165) is 108 Å². The Kier molecular flexibility index (Phi) is 57.6. The fourth-order valence-electron chi connectivity index (χ4n) is 10.3. The molecule has 0 aromatic carbocycles. The second-order valence-corrected chi connectivity index (χ2v) is 29.5. The topological polar surface area (TPSA) is 237 Å². The first-order chi connectivity index (χ1) is 42.1. The van der Waals surface area contributed by atoms with Crippen LogP contribution in [0.2, 0.25) is 0 Å². The van der Waals surface area contributed by atoms with E-state index in [0.29, 0.717) is 37.5 Å². The van der Waals surface area contributed by atoms with Crippen molar-refractivity contribution in [2.24, 2.45) is 23.7 Å². The minimum absolute atomic E-state index is 0.101. The van der Waals surface area contributed by atoms with Crippen LogP contribution in [0.3, 0.4) is 0 Å². The molecule has 0 aromatic rings. The number of esters is 4. The molecule has 0 saturated carbocycles. The van der Waals surface area contributed by atoms with Gasteiger partial charge in [0.05, 0.1) is 26.4 Å². The number of phosphoric acid groups is 2. The molecule has 3 unspecified atom stereocenters. The summed E-state index contributed by atoms with van der Waals surface area (Å²) in [6.45, 7) is 14.0. The van der Waals surface area contributed by atoms with Gasteiger partial charge in [0.25, 0.3) is 0 Å². The summed E-state index contributed by atoms with van der Waals surface area (Å²) in [6.07, 6.45) is 40.6. The standard InChI is InChI=1S/C69H134O17P2/c1-9-62(8)48-40-32-22-18-15-16-19-23-33-41-49-66(71)79-55-64(85-68(73)51-43-35-24-20-14-12-10-11-13-17-21-29-37-45-59(2)3)57-83-87(75,76)81-53-63(70)54-82-88(77,78)84-58-65(86-69(74)52-44-36-28-26-31-39-47-61(6)7)56-80-67(72)50-42-34-27-25-30-38-46-60(4)5/h59-65,70H,9-58H2,1-8H3,(H,75,76)(H,77,78)/t62?,63-,64-,65-/m1/s1. The van der Waals surface area contributed by atoms with Crippen molar-refractivity contribution in [3.8, 4) is 0 Å². The van der Waals surface area contributed by atoms with E-state index in [-0.39, 0.29) is 25.7 Å². The summed E-state index contributed by atoms with van der Waals surface area (Å²) >= 11 is 0. The number of hydrogen-bond acceptors (Lipinski definition) is 15. The van der Waals surface area contributed by atoms with Crippen molar-refractivity contribution >= 4 is 39.5 Å². The van der Waals surface area contributed by atoms with Crippen molar-refractivity contribution in [2.75, 3.05) is 39.6 Å². The quantitative estimate of drug-likeness (QED) is 0.0222. The van der Waals surface area contributed by atoms with E-state index in [2.05, 4.69) is 55.4 Å². The number of unbranched alkanes of at least 4 members (excludes halogenated alkanes) is 31. The SMILES string of the molecule is CCC(C)CCCCCCCCCCCCC(=O)OC[C@H](COP(=O)(O)OC[C@@H](O)COP(=O)(O)OC[C@@H](COC(=O)CCCCCCCCC(C)C)OC(=O)CCCCCCCCC(C)C)OC(=O)CCCCCCCCCCCCCCCC(C)C. The van der Waals surface area contributed by atoms with Crippen molar-refractivity contribution in [3.63, 3.8) is 0 Å². The Hall–Kier alpha value is -1.94. The molecule has 0 bridgehead atoms. The van der Waals surface area contributed by atoms with Crippen molar-refractivity contribution in [1.82, 2.24) is 0 Å². The molecular weight excluding hydrogens is 1160 g/mol. The maximum absolute atomic E-state index is 13.0. The van der Waals surface area contributed by atoms with Gasteiger partial charge in [-0.1, -0.05) is 287 Å². The van der Waals surface area contributed by atoms with Gasteiger partial charge in [-0.2, -0.15) is 0 Å². The number of hydrogen-bond donors (Lipinski definition) is 3. The van der Waals surface area contributed by atoms with Gasteiger partial charge >= 0.3 is 39.5 Å². The minimum atomic E-state index is -4.95. The molecule has 0 aliphatic rings. The third kappa shape index (κ3) is 61.6. The van der Waals surface area contributed by atoms with Crippen molar-refractivity contribution in [1.29, 1.82) is 0 Å². The van der Waals surface area contributed by atoms with E-state index in [1.807, 2.05) is 0 Å². The lowest BCUT2D eigenvalue weighted by Gasteiger charge is -2.21. The smallest absolute Gasteiger partial charge is 0.462 e. The summed E-state index contributed by atoms with van der Waals surface area (Å²) in [5.41, 5.74) is 0. The van der Waals surface area contributed by atoms with E-state index in [4.69, 9.17) is 37.0 Å². The third-order valence-electron chi connectivity index (χ3n) is 16.2. The van der Waals surface area contributed by atoms with Gasteiger partial charge in [-0.3, -0.25) is 37.3 Å². The molecule has 0 spiro atoms. The molecule has 0 aliphatic heterocycles. The van der Waals surface area contributed by atoms with Gasteiger partial charge in [0, 0.05) is 25.7 Å². The van der Waals surface area contributed by atoms with Crippen LogP contribution >= 0.6 is 15.6 Å². The lowest BCUT2D eigenvalue weighted by Crippen LogP contribution is -2.30. The van der Waals surface area contributed by atoms with Crippen LogP contribution in [0.4, 0.5) is 0 Å². The van der Waals surface area contributed by atoms with E-state index >= 15 is 0 Å². The summed E-state index contributed by atoms with van der Waals surface area (Å²) in [5, 5.41) is 10.6. The second kappa shape index (κ2) is 58.8. The van der Waals surface area contributed by atoms with Crippen LogP contribution in [-0.2, 0) is 65.4 Å². The van der Waals surface area contributed by atoms with Crippen molar-refractivity contribution in [2.45, 2.75) is 356 Å². The van der Waals surface area contributed by atoms with Gasteiger partial charge in [0.2, 0.25) is 0 Å². The van der Waals surface area contributed by atoms with Gasteiger partial charge in [-0.15, -0.1) is 0 Å². The Bertz CT molecular complexity index is 1750. The Morgan fingerprint density at radius 2 is 0.545 bits per heavy atom. The van der Waals surface area contributed by atoms with Crippen LogP contribution in [0.15, 0.2) is 0 Å². The van der Waals surface area contributed by atoms with Gasteiger partial charge in [-0.05, 0) is 49.4 Å². The summed E-state index contributed by atoms with van der Waals surface area (Å²) < 4.78 is 68.2. The molecule has 19 heteroatoms. The molecule has 0 heterocycles. The van der Waals surface area contributed by atoms with Crippen LogP contribution < -0.4 is 0 Å². The lowest BCUT2D eigenvalue weighted by atomic mass is 9.99. The van der Waals surface area contributed by atoms with Gasteiger partial charge in [0.1, 0.15) is 19.3 Å². The normalized spacial score (nSPS) is 14.6. The third-order valence-corrected chi connectivity index (χ3v) is 18.1. The lowest BCUT2D eigenvalue weighted by molar-refractivity contribution is -0.161. The molecule has 3 N–H and O–H groups in total. The second-order valence-electron chi connectivity index (χ2n) is 26.6. The first-order valence-corrected chi connectivity index (χ1v) is 38.7. The Balaban J connectivity index is 5.23. The fourth-order valence-corrected chi connectivity index (χ4v) is 11.9. The van der Waals surface area contributed by atoms with Crippen LogP contribution in [0.5, 0.6) is 0 Å². The highest BCUT2D eigenvalue weighted by Crippen LogP contribution is 2.45. The predicted molar refractivity (Wildman–Crippen MR) is 354 cm³/mol. The number of carbonyl (C=O) groups is 4. The van der Waals surface area contributed by atoms with Crippen LogP contribution in [0.25, 0.3) is 0 Å². The van der Waals surface area contributed by atoms with Gasteiger partial charge in [0.15, 0.2) is 12.2 Å². The summed E-state index contributed by atoms with van der Waals surface area (Å²) in [7, 11) is -9.90. The molecule has 0 radical (unpaired) electrons. The number of ether oxygens (including phenoxy) is 4. The predicted octanol–water partition coefficient (Wildman–Crippen LogP) is 19.3. The zero-order chi connectivity index (χ0) is 65.4. The molecule has 0 fully saturated rings. The van der Waals surface area contributed by atoms with Gasteiger partial charge < -0.3 is 33.8 Å². The summed E-state index contributed by atoms with van der Waals surface area (Å²) in [6, 6.07) is 0. The molecule has 0 aliphatic carbocycles. The minimum Gasteiger partial charge on any atom is -0.462 e. The largest absolute Gasteiger partial charge is 0.472 e. The molecule has 17 nitrogen and oxygen atoms in total. The first kappa shape index (κ1) is 86.1. The number of aliphatic hydroxyl groups is 1. The molecule has 522 valence electrons. The maximum atomic E-state index is 13.0. The van der Waals surface area contributed by atoms with E-state index in [1.165, 1.54) is 135 Å². The van der Waals surface area contributed by atoms with E-state index in [9.17, 15) is 43.2 Å². The first-order valence-electron chi connectivity index (χ1n) is 35.7. The number of phosphoric ester groups is 2. The average molecular weight is 1300 g/mol. The molecule has 6 atom stereocenters. The molecule has 0 saturated heterocycles. The van der Waals surface area contributed by atoms with Crippen LogP contribution in [0, 0.1) is 23.7 Å². The highest BCUT2D eigenvalue weighted by Gasteiger charge is 2.30. The molecule has 0 amide bonds. The zero-order valence-corrected chi connectivity index (χ0v) is 59.1. The van der Waals surface area contributed by atoms with Crippen molar-refractivity contribution < 1.29 is 80.2 Å². The fraction of sp³-hybridized carbons (Fsp3) is 0.942. The zero-order valence-electron chi connectivity index (χ0n) is 57.3. The highest BCUT2D eigenvalue weighted by atomic mass is 31.2. The number of carbonyl (C=O) groups excluding carboxylic acids is 4. The van der Waals surface area contributed by atoms with E-state index < -0.39 is 97.5 Å². The average Bonchev–Trinajstić information content (AvgIpc) is 3.68. The van der Waals surface area contributed by atoms with Crippen LogP contribution in [-0.4, -0.2) is 96.7 Å². The Morgan fingerprint density at radius 1 is 0.318 bits per heavy atom. The Labute approximate surface area is 537 Å². The number of rotatable bonds is 66. The highest BCUT2D eigenvalue weighted by molar-refractivity contribution is 7.47. The van der Waals surface area contributed by atoms with Crippen LogP contribution in [0.1, 0.15) is 338 Å². The summed E-state index contributed by atoms with van der Waals surface area (Å²) in [4.78, 5) is 72.4. The molecular formula is C69H134O17P2. The molecule has 88 heavy (non-hydrogen) atoms. The molecule has 0 aromatic heterocycles. The Morgan fingerprint density at radius 3 is 0.807 bits per heavy atom. The van der Waals surface area contributed by atoms with E-state index in [1.54, 1.807) is 0 Å². The monoisotopic (exact) mass is 1300 g/mol. The number of aliphatic hydroxyl groups excluding tert-OH is 1. The maximum Gasteiger partial charge on any atom is 0.472 e. The van der Waals surface area contributed by atoms with Crippen molar-refractivity contribution in [3.05, 3.63) is 0 Å². The van der Waals surface area contributed by atoms with Gasteiger partial charge in [-0.25, -0.2) is 9.13 Å². The summed E-state index contributed by atoms with van der Waals surface area (Å²) in [5.74, 6) is 0.809. The molecule has 0 rings (SSSR count).